The average molecular weight is 345 g/mol. The van der Waals surface area contributed by atoms with Crippen LogP contribution in [0, 0.1) is 0 Å². The van der Waals surface area contributed by atoms with Gasteiger partial charge in [-0.3, -0.25) is 4.79 Å². The molecule has 6 heteroatoms. The molecule has 0 fully saturated rings. The van der Waals surface area contributed by atoms with E-state index in [-0.39, 0.29) is 11.9 Å². The molecular weight excluding hydrogens is 324 g/mol. The second-order valence-corrected chi connectivity index (χ2v) is 5.59. The highest BCUT2D eigenvalue weighted by atomic mass is 79.9. The molecule has 0 saturated carbocycles. The van der Waals surface area contributed by atoms with Gasteiger partial charge in [-0.15, -0.1) is 0 Å². The van der Waals surface area contributed by atoms with Gasteiger partial charge in [-0.2, -0.15) is 0 Å². The molecule has 1 unspecified atom stereocenters. The molecule has 0 aliphatic rings. The van der Waals surface area contributed by atoms with Crippen molar-refractivity contribution in [3.05, 3.63) is 22.2 Å². The van der Waals surface area contributed by atoms with Gasteiger partial charge in [-0.05, 0) is 54.4 Å². The van der Waals surface area contributed by atoms with Gasteiger partial charge in [-0.25, -0.2) is 0 Å². The molecule has 1 atom stereocenters. The molecule has 0 aliphatic carbocycles. The van der Waals surface area contributed by atoms with Crippen molar-refractivity contribution in [2.45, 2.75) is 39.5 Å². The van der Waals surface area contributed by atoms with Gasteiger partial charge in [0.25, 0.3) is 5.91 Å². The Hall–Kier alpha value is -1.27. The van der Waals surface area contributed by atoms with Crippen LogP contribution in [-0.2, 0) is 11.3 Å². The van der Waals surface area contributed by atoms with E-state index in [2.05, 4.69) is 21.2 Å². The topological polar surface area (TPSA) is 73.6 Å². The fourth-order valence-corrected chi connectivity index (χ4v) is 2.22. The Balaban J connectivity index is 2.94. The van der Waals surface area contributed by atoms with E-state index >= 15 is 0 Å². The number of carbonyl (C=O) groups is 1. The summed E-state index contributed by atoms with van der Waals surface area (Å²) in [7, 11) is 1.55. The third kappa shape index (κ3) is 4.38. The van der Waals surface area contributed by atoms with E-state index in [4.69, 9.17) is 15.2 Å². The molecule has 3 N–H and O–H groups in total. The second-order valence-electron chi connectivity index (χ2n) is 4.74. The van der Waals surface area contributed by atoms with Crippen LogP contribution < -0.4 is 20.5 Å². The highest BCUT2D eigenvalue weighted by Crippen LogP contribution is 2.37. The third-order valence-corrected chi connectivity index (χ3v) is 3.21. The highest BCUT2D eigenvalue weighted by molar-refractivity contribution is 9.10. The fourth-order valence-electron chi connectivity index (χ4n) is 1.64. The molecule has 0 bridgehead atoms. The van der Waals surface area contributed by atoms with E-state index in [9.17, 15) is 4.79 Å². The number of ether oxygens (including phenoxy) is 2. The van der Waals surface area contributed by atoms with Crippen molar-refractivity contribution in [3.63, 3.8) is 0 Å². The van der Waals surface area contributed by atoms with E-state index in [0.717, 1.165) is 5.56 Å². The predicted octanol–water partition coefficient (Wildman–Crippen LogP) is 2.21. The summed E-state index contributed by atoms with van der Waals surface area (Å²) in [5.41, 5.74) is 6.53. The molecule has 1 rings (SSSR count). The number of nitrogens with two attached hydrogens (primary N) is 1. The van der Waals surface area contributed by atoms with Gasteiger partial charge in [0, 0.05) is 12.6 Å². The number of methoxy groups -OCH3 is 1. The molecule has 0 radical (unpaired) electrons. The van der Waals surface area contributed by atoms with E-state index in [0.29, 0.717) is 22.5 Å². The Morgan fingerprint density at radius 2 is 2.05 bits per heavy atom. The van der Waals surface area contributed by atoms with Crippen LogP contribution in [0.1, 0.15) is 26.3 Å². The lowest BCUT2D eigenvalue weighted by Crippen LogP contribution is -2.40. The first-order chi connectivity index (χ1) is 9.38. The molecule has 0 aromatic heterocycles. The number of benzene rings is 1. The zero-order chi connectivity index (χ0) is 15.3. The number of rotatable bonds is 6. The summed E-state index contributed by atoms with van der Waals surface area (Å²) in [4.78, 5) is 11.9. The average Bonchev–Trinajstić information content (AvgIpc) is 2.39. The highest BCUT2D eigenvalue weighted by Gasteiger charge is 2.19. The van der Waals surface area contributed by atoms with Gasteiger partial charge < -0.3 is 20.5 Å². The summed E-state index contributed by atoms with van der Waals surface area (Å²) in [5.74, 6) is 0.872. The summed E-state index contributed by atoms with van der Waals surface area (Å²) in [6.45, 7) is 5.90. The van der Waals surface area contributed by atoms with Crippen LogP contribution in [0.5, 0.6) is 11.5 Å². The Labute approximate surface area is 127 Å². The van der Waals surface area contributed by atoms with Crippen molar-refractivity contribution in [2.75, 3.05) is 7.11 Å². The molecule has 20 heavy (non-hydrogen) atoms. The number of nitrogens with one attached hydrogen (secondary N) is 1. The lowest BCUT2D eigenvalue weighted by Gasteiger charge is -2.19. The number of amides is 1. The van der Waals surface area contributed by atoms with Crippen molar-refractivity contribution >= 4 is 21.8 Å². The van der Waals surface area contributed by atoms with Gasteiger partial charge in [0.2, 0.25) is 0 Å². The molecule has 0 aliphatic heterocycles. The number of hydrogen-bond donors (Lipinski definition) is 2. The van der Waals surface area contributed by atoms with Gasteiger partial charge in [0.05, 0.1) is 11.6 Å². The second kappa shape index (κ2) is 7.50. The Morgan fingerprint density at radius 1 is 1.40 bits per heavy atom. The van der Waals surface area contributed by atoms with Crippen LogP contribution in [-0.4, -0.2) is 25.2 Å². The normalized spacial score (nSPS) is 12.2. The zero-order valence-corrected chi connectivity index (χ0v) is 13.8. The van der Waals surface area contributed by atoms with Crippen molar-refractivity contribution in [2.24, 2.45) is 5.73 Å². The van der Waals surface area contributed by atoms with Crippen LogP contribution in [0.25, 0.3) is 0 Å². The van der Waals surface area contributed by atoms with E-state index < -0.39 is 6.10 Å². The van der Waals surface area contributed by atoms with Gasteiger partial charge >= 0.3 is 0 Å². The van der Waals surface area contributed by atoms with Crippen LogP contribution in [0.3, 0.4) is 0 Å². The van der Waals surface area contributed by atoms with Crippen molar-refractivity contribution in [1.29, 1.82) is 0 Å². The van der Waals surface area contributed by atoms with E-state index in [1.54, 1.807) is 20.1 Å². The molecule has 112 valence electrons. The smallest absolute Gasteiger partial charge is 0.260 e. The molecule has 0 spiro atoms. The minimum absolute atomic E-state index is 0.0681. The summed E-state index contributed by atoms with van der Waals surface area (Å²) in [6.07, 6.45) is -0.619. The maximum Gasteiger partial charge on any atom is 0.260 e. The Morgan fingerprint density at radius 3 is 2.55 bits per heavy atom. The standard InChI is InChI=1S/C14H21BrN2O3/c1-8(2)17-14(18)9(3)20-13-11(15)5-10(7-16)6-12(13)19-4/h5-6,8-9H,7,16H2,1-4H3,(H,17,18). The van der Waals surface area contributed by atoms with Crippen molar-refractivity contribution < 1.29 is 14.3 Å². The molecule has 0 heterocycles. The zero-order valence-electron chi connectivity index (χ0n) is 12.2. The number of carbonyl (C=O) groups excluding carboxylic acids is 1. The van der Waals surface area contributed by atoms with Crippen LogP contribution in [0.15, 0.2) is 16.6 Å². The lowest BCUT2D eigenvalue weighted by atomic mass is 10.2. The quantitative estimate of drug-likeness (QED) is 0.829. The maximum atomic E-state index is 11.9. The SMILES string of the molecule is COc1cc(CN)cc(Br)c1OC(C)C(=O)NC(C)C. The number of hydrogen-bond acceptors (Lipinski definition) is 4. The predicted molar refractivity (Wildman–Crippen MR) is 82.0 cm³/mol. The fraction of sp³-hybridized carbons (Fsp3) is 0.500. The van der Waals surface area contributed by atoms with Crippen molar-refractivity contribution in [3.8, 4) is 11.5 Å². The number of halogens is 1. The van der Waals surface area contributed by atoms with Crippen molar-refractivity contribution in [1.82, 2.24) is 5.32 Å². The lowest BCUT2D eigenvalue weighted by molar-refractivity contribution is -0.127. The first-order valence-corrected chi connectivity index (χ1v) is 7.21. The molecule has 1 aromatic rings. The summed E-state index contributed by atoms with van der Waals surface area (Å²) >= 11 is 3.42. The van der Waals surface area contributed by atoms with E-state index in [1.165, 1.54) is 0 Å². The summed E-state index contributed by atoms with van der Waals surface area (Å²) in [5, 5.41) is 2.80. The van der Waals surface area contributed by atoms with E-state index in [1.807, 2.05) is 19.9 Å². The molecule has 1 aromatic carbocycles. The first kappa shape index (κ1) is 16.8. The van der Waals surface area contributed by atoms with Gasteiger partial charge in [0.1, 0.15) is 0 Å². The first-order valence-electron chi connectivity index (χ1n) is 6.42. The maximum absolute atomic E-state index is 11.9. The van der Waals surface area contributed by atoms with Gasteiger partial charge in [-0.1, -0.05) is 0 Å². The molecular formula is C14H21BrN2O3. The molecule has 1 amide bonds. The van der Waals surface area contributed by atoms with Crippen LogP contribution in [0.4, 0.5) is 0 Å². The van der Waals surface area contributed by atoms with Gasteiger partial charge in [0.15, 0.2) is 17.6 Å². The molecule has 5 nitrogen and oxygen atoms in total. The minimum Gasteiger partial charge on any atom is -0.493 e. The Bertz CT molecular complexity index is 478. The largest absolute Gasteiger partial charge is 0.493 e. The summed E-state index contributed by atoms with van der Waals surface area (Å²) < 4.78 is 11.7. The van der Waals surface area contributed by atoms with Crippen LogP contribution in [0.2, 0.25) is 0 Å². The minimum atomic E-state index is -0.619. The Kier molecular flexibility index (Phi) is 6.29. The van der Waals surface area contributed by atoms with Crippen LogP contribution >= 0.6 is 15.9 Å². The molecule has 0 saturated heterocycles. The monoisotopic (exact) mass is 344 g/mol. The summed E-state index contributed by atoms with van der Waals surface area (Å²) in [6, 6.07) is 3.72. The third-order valence-electron chi connectivity index (χ3n) is 2.62.